The summed E-state index contributed by atoms with van der Waals surface area (Å²) in [7, 11) is 1.40. The highest BCUT2D eigenvalue weighted by molar-refractivity contribution is 5.78. The van der Waals surface area contributed by atoms with Crippen molar-refractivity contribution in [2.24, 2.45) is 0 Å². The summed E-state index contributed by atoms with van der Waals surface area (Å²) >= 11 is 0. The maximum Gasteiger partial charge on any atom is 0.339 e. The zero-order valence-electron chi connectivity index (χ0n) is 15.4. The van der Waals surface area contributed by atoms with Gasteiger partial charge in [0.1, 0.15) is 17.9 Å². The van der Waals surface area contributed by atoms with E-state index in [-0.39, 0.29) is 23.4 Å². The average Bonchev–Trinajstić information content (AvgIpc) is 2.81. The minimum absolute atomic E-state index is 0.121. The predicted octanol–water partition coefficient (Wildman–Crippen LogP) is 3.76. The van der Waals surface area contributed by atoms with Crippen molar-refractivity contribution in [3.05, 3.63) is 79.5 Å². The molecule has 6 heteroatoms. The van der Waals surface area contributed by atoms with Crippen LogP contribution in [0.15, 0.2) is 50.4 Å². The van der Waals surface area contributed by atoms with Crippen molar-refractivity contribution < 1.29 is 18.3 Å². The first-order chi connectivity index (χ1) is 13.6. The van der Waals surface area contributed by atoms with Crippen LogP contribution in [0.2, 0.25) is 0 Å². The Morgan fingerprint density at radius 3 is 2.57 bits per heavy atom. The van der Waals surface area contributed by atoms with E-state index in [1.54, 1.807) is 18.2 Å². The van der Waals surface area contributed by atoms with E-state index in [9.17, 15) is 14.0 Å². The van der Waals surface area contributed by atoms with Gasteiger partial charge in [0.2, 0.25) is 0 Å². The summed E-state index contributed by atoms with van der Waals surface area (Å²) in [5.41, 5.74) is 1.26. The van der Waals surface area contributed by atoms with Gasteiger partial charge < -0.3 is 13.9 Å². The van der Waals surface area contributed by atoms with Crippen molar-refractivity contribution in [3.63, 3.8) is 0 Å². The minimum Gasteiger partial charge on any atom is -0.494 e. The lowest BCUT2D eigenvalue weighted by molar-refractivity contribution is 0.304. The van der Waals surface area contributed by atoms with E-state index >= 15 is 0 Å². The van der Waals surface area contributed by atoms with E-state index in [4.69, 9.17) is 13.9 Å². The second-order valence-electron chi connectivity index (χ2n) is 6.80. The van der Waals surface area contributed by atoms with Crippen molar-refractivity contribution >= 4 is 11.0 Å². The SMILES string of the molecule is COc1ccc(COc2ccc3c(=O)c4c(c(=O)oc3c2)CCCC4)cc1F. The quantitative estimate of drug-likeness (QED) is 0.687. The normalized spacial score (nSPS) is 13.2. The van der Waals surface area contributed by atoms with E-state index in [1.807, 2.05) is 0 Å². The summed E-state index contributed by atoms with van der Waals surface area (Å²) < 4.78 is 29.9. The standard InChI is InChI=1S/C22H19FO5/c1-26-19-9-6-13(10-18(19)23)12-27-14-7-8-17-20(11-14)28-22(25)16-5-3-2-4-15(16)21(17)24/h6-11H,2-5,12H2,1H3. The fourth-order valence-corrected chi connectivity index (χ4v) is 3.54. The Hall–Kier alpha value is -3.15. The van der Waals surface area contributed by atoms with Gasteiger partial charge in [-0.2, -0.15) is 0 Å². The molecule has 0 amide bonds. The van der Waals surface area contributed by atoms with Crippen LogP contribution in [0.25, 0.3) is 11.0 Å². The zero-order valence-corrected chi connectivity index (χ0v) is 15.4. The highest BCUT2D eigenvalue weighted by Crippen LogP contribution is 2.23. The lowest BCUT2D eigenvalue weighted by atomic mass is 9.93. The Kier molecular flexibility index (Phi) is 4.86. The molecule has 0 fully saturated rings. The molecule has 28 heavy (non-hydrogen) atoms. The van der Waals surface area contributed by atoms with Gasteiger partial charge in [0.05, 0.1) is 12.5 Å². The van der Waals surface area contributed by atoms with Crippen molar-refractivity contribution in [1.29, 1.82) is 0 Å². The van der Waals surface area contributed by atoms with Gasteiger partial charge in [-0.3, -0.25) is 4.79 Å². The lowest BCUT2D eigenvalue weighted by Gasteiger charge is -2.09. The fourth-order valence-electron chi connectivity index (χ4n) is 3.54. The van der Waals surface area contributed by atoms with Crippen molar-refractivity contribution in [2.45, 2.75) is 32.3 Å². The van der Waals surface area contributed by atoms with Gasteiger partial charge in [0, 0.05) is 17.2 Å². The van der Waals surface area contributed by atoms with E-state index in [0.29, 0.717) is 40.7 Å². The number of hydrogen-bond donors (Lipinski definition) is 0. The Bertz CT molecular complexity index is 1170. The number of halogens is 1. The molecule has 144 valence electrons. The molecule has 1 aliphatic carbocycles. The number of rotatable bonds is 4. The molecule has 1 aromatic heterocycles. The Morgan fingerprint density at radius 2 is 1.82 bits per heavy atom. The molecule has 0 bridgehead atoms. The molecule has 3 aromatic rings. The number of benzene rings is 2. The molecule has 1 heterocycles. The van der Waals surface area contributed by atoms with Crippen LogP contribution in [0, 0.1) is 5.82 Å². The molecule has 0 aliphatic heterocycles. The van der Waals surface area contributed by atoms with Gasteiger partial charge in [-0.25, -0.2) is 9.18 Å². The summed E-state index contributed by atoms with van der Waals surface area (Å²) in [6, 6.07) is 9.36. The molecule has 0 unspecified atom stereocenters. The van der Waals surface area contributed by atoms with Crippen LogP contribution in [0.4, 0.5) is 4.39 Å². The molecule has 0 N–H and O–H groups in total. The number of ether oxygens (including phenoxy) is 2. The highest BCUT2D eigenvalue weighted by atomic mass is 19.1. The van der Waals surface area contributed by atoms with Gasteiger partial charge in [0.25, 0.3) is 0 Å². The van der Waals surface area contributed by atoms with Crippen LogP contribution in [-0.2, 0) is 19.4 Å². The third-order valence-corrected chi connectivity index (χ3v) is 5.01. The summed E-state index contributed by atoms with van der Waals surface area (Å²) in [6.07, 6.45) is 2.95. The lowest BCUT2D eigenvalue weighted by Crippen LogP contribution is -2.18. The topological polar surface area (TPSA) is 65.7 Å². The number of hydrogen-bond acceptors (Lipinski definition) is 5. The molecule has 1 aliphatic rings. The average molecular weight is 382 g/mol. The molecule has 0 saturated carbocycles. The van der Waals surface area contributed by atoms with Crippen molar-refractivity contribution in [2.75, 3.05) is 7.11 Å². The second-order valence-corrected chi connectivity index (χ2v) is 6.80. The second kappa shape index (κ2) is 7.46. The van der Waals surface area contributed by atoms with E-state index < -0.39 is 11.4 Å². The van der Waals surface area contributed by atoms with Crippen LogP contribution in [-0.4, -0.2) is 7.11 Å². The third-order valence-electron chi connectivity index (χ3n) is 5.01. The minimum atomic E-state index is -0.471. The molecule has 0 saturated heterocycles. The largest absolute Gasteiger partial charge is 0.494 e. The molecule has 4 rings (SSSR count). The Morgan fingerprint density at radius 1 is 1.04 bits per heavy atom. The first-order valence-corrected chi connectivity index (χ1v) is 9.15. The Balaban J connectivity index is 1.67. The van der Waals surface area contributed by atoms with E-state index in [2.05, 4.69) is 0 Å². The smallest absolute Gasteiger partial charge is 0.339 e. The van der Waals surface area contributed by atoms with Gasteiger partial charge in [-0.1, -0.05) is 6.07 Å². The highest BCUT2D eigenvalue weighted by Gasteiger charge is 2.18. The van der Waals surface area contributed by atoms with Gasteiger partial charge >= 0.3 is 5.63 Å². The molecule has 2 aromatic carbocycles. The van der Waals surface area contributed by atoms with Crippen LogP contribution >= 0.6 is 0 Å². The fraction of sp³-hybridized carbons (Fsp3) is 0.273. The zero-order chi connectivity index (χ0) is 19.7. The molecular weight excluding hydrogens is 363 g/mol. The van der Waals surface area contributed by atoms with Gasteiger partial charge in [-0.15, -0.1) is 0 Å². The summed E-state index contributed by atoms with van der Waals surface area (Å²) in [5.74, 6) is 0.118. The van der Waals surface area contributed by atoms with Crippen LogP contribution < -0.4 is 20.5 Å². The molecular formula is C22H19FO5. The van der Waals surface area contributed by atoms with Crippen LogP contribution in [0.1, 0.15) is 29.5 Å². The van der Waals surface area contributed by atoms with Crippen LogP contribution in [0.3, 0.4) is 0 Å². The third kappa shape index (κ3) is 3.38. The molecule has 0 radical (unpaired) electrons. The predicted molar refractivity (Wildman–Crippen MR) is 103 cm³/mol. The summed E-state index contributed by atoms with van der Waals surface area (Å²) in [4.78, 5) is 25.2. The number of methoxy groups -OCH3 is 1. The van der Waals surface area contributed by atoms with Gasteiger partial charge in [0.15, 0.2) is 17.0 Å². The monoisotopic (exact) mass is 382 g/mol. The van der Waals surface area contributed by atoms with Crippen molar-refractivity contribution in [1.82, 2.24) is 0 Å². The number of fused-ring (bicyclic) bond motifs is 2. The Labute approximate surface area is 160 Å². The molecule has 0 atom stereocenters. The first kappa shape index (κ1) is 18.2. The first-order valence-electron chi connectivity index (χ1n) is 9.15. The van der Waals surface area contributed by atoms with Crippen molar-refractivity contribution in [3.8, 4) is 11.5 Å². The van der Waals surface area contributed by atoms with E-state index in [1.165, 1.54) is 25.3 Å². The summed E-state index contributed by atoms with van der Waals surface area (Å²) in [6.45, 7) is 0.121. The molecule has 5 nitrogen and oxygen atoms in total. The summed E-state index contributed by atoms with van der Waals surface area (Å²) in [5, 5.41) is 0.364. The van der Waals surface area contributed by atoms with Crippen LogP contribution in [0.5, 0.6) is 11.5 Å². The molecule has 0 spiro atoms. The maximum atomic E-state index is 13.8. The van der Waals surface area contributed by atoms with Gasteiger partial charge in [-0.05, 0) is 55.5 Å². The van der Waals surface area contributed by atoms with E-state index in [0.717, 1.165) is 12.8 Å². The maximum absolute atomic E-state index is 13.8.